The van der Waals surface area contributed by atoms with Crippen molar-refractivity contribution in [2.75, 3.05) is 0 Å². The molecule has 9 heteroatoms. The van der Waals surface area contributed by atoms with Crippen molar-refractivity contribution >= 4 is 39.1 Å². The zero-order chi connectivity index (χ0) is 22.1. The van der Waals surface area contributed by atoms with Crippen molar-refractivity contribution in [1.29, 1.82) is 0 Å². The predicted octanol–water partition coefficient (Wildman–Crippen LogP) is 4.57. The number of carbonyl (C=O) groups excluding carboxylic acids is 2. The van der Waals surface area contributed by atoms with Crippen molar-refractivity contribution in [3.63, 3.8) is 0 Å². The predicted molar refractivity (Wildman–Crippen MR) is 114 cm³/mol. The molecule has 1 aliphatic rings. The SMILES string of the molecule is O=C1C(=O)N(Cc2ccco2)[C@H](c2ccc([N+](=O)[O-])cc2)C1=C(O)c1ccc(Br)cc1. The normalized spacial score (nSPS) is 17.8. The number of hydrogen-bond donors (Lipinski definition) is 1. The minimum Gasteiger partial charge on any atom is -0.507 e. The lowest BCUT2D eigenvalue weighted by Crippen LogP contribution is -2.29. The van der Waals surface area contributed by atoms with Gasteiger partial charge < -0.3 is 14.4 Å². The Morgan fingerprint density at radius 2 is 1.77 bits per heavy atom. The number of nitrogens with zero attached hydrogens (tertiary/aromatic N) is 2. The number of carbonyl (C=O) groups is 2. The van der Waals surface area contributed by atoms with E-state index in [0.29, 0.717) is 16.9 Å². The fraction of sp³-hybridized carbons (Fsp3) is 0.0909. The molecule has 1 fully saturated rings. The number of non-ortho nitro benzene ring substituents is 1. The number of benzene rings is 2. The van der Waals surface area contributed by atoms with E-state index in [9.17, 15) is 24.8 Å². The molecular weight excluding hydrogens is 468 g/mol. The van der Waals surface area contributed by atoms with Crippen LogP contribution in [0.1, 0.15) is 22.9 Å². The Balaban J connectivity index is 1.85. The number of Topliss-reactive ketones (excluding diaryl/α,β-unsaturated/α-hetero) is 1. The molecule has 2 heterocycles. The van der Waals surface area contributed by atoms with Crippen molar-refractivity contribution in [3.8, 4) is 0 Å². The number of aliphatic hydroxyl groups excluding tert-OH is 1. The standard InChI is InChI=1S/C22H15BrN2O6/c23-15-7-3-14(4-8-15)20(26)18-19(13-5-9-16(10-6-13)25(29)30)24(22(28)21(18)27)12-17-2-1-11-31-17/h1-11,19,26H,12H2/t19-/m1/s1. The van der Waals surface area contributed by atoms with Gasteiger partial charge in [-0.15, -0.1) is 0 Å². The van der Waals surface area contributed by atoms with Crippen molar-refractivity contribution in [2.45, 2.75) is 12.6 Å². The molecule has 0 saturated carbocycles. The number of halogens is 1. The van der Waals surface area contributed by atoms with E-state index >= 15 is 0 Å². The summed E-state index contributed by atoms with van der Waals surface area (Å²) in [4.78, 5) is 37.6. The summed E-state index contributed by atoms with van der Waals surface area (Å²) >= 11 is 3.32. The Hall–Kier alpha value is -3.72. The van der Waals surface area contributed by atoms with Crippen LogP contribution in [0.5, 0.6) is 0 Å². The third-order valence-electron chi connectivity index (χ3n) is 4.98. The summed E-state index contributed by atoms with van der Waals surface area (Å²) < 4.78 is 6.12. The van der Waals surface area contributed by atoms with Gasteiger partial charge in [-0.1, -0.05) is 28.1 Å². The molecule has 0 spiro atoms. The lowest BCUT2D eigenvalue weighted by molar-refractivity contribution is -0.384. The first-order valence-electron chi connectivity index (χ1n) is 9.18. The van der Waals surface area contributed by atoms with Crippen molar-refractivity contribution in [2.24, 2.45) is 0 Å². The summed E-state index contributed by atoms with van der Waals surface area (Å²) in [7, 11) is 0. The number of likely N-dealkylation sites (tertiary alicyclic amines) is 1. The zero-order valence-corrected chi connectivity index (χ0v) is 17.5. The topological polar surface area (TPSA) is 114 Å². The second-order valence-corrected chi connectivity index (χ2v) is 7.78. The van der Waals surface area contributed by atoms with E-state index in [-0.39, 0.29) is 23.6 Å². The first-order valence-corrected chi connectivity index (χ1v) is 9.97. The average molecular weight is 483 g/mol. The molecule has 1 aromatic heterocycles. The summed E-state index contributed by atoms with van der Waals surface area (Å²) in [6, 6.07) is 14.6. The van der Waals surface area contributed by atoms with Crippen LogP contribution >= 0.6 is 15.9 Å². The summed E-state index contributed by atoms with van der Waals surface area (Å²) in [5.41, 5.74) is 0.605. The molecule has 0 bridgehead atoms. The Kier molecular flexibility index (Phi) is 5.43. The molecule has 0 radical (unpaired) electrons. The molecule has 156 valence electrons. The van der Waals surface area contributed by atoms with Gasteiger partial charge >= 0.3 is 0 Å². The molecule has 3 aromatic rings. The second kappa shape index (κ2) is 8.19. The fourth-order valence-electron chi connectivity index (χ4n) is 3.50. The van der Waals surface area contributed by atoms with Gasteiger partial charge in [0.2, 0.25) is 0 Å². The van der Waals surface area contributed by atoms with Gasteiger partial charge in [0.15, 0.2) is 0 Å². The molecule has 8 nitrogen and oxygen atoms in total. The van der Waals surface area contributed by atoms with Crippen LogP contribution in [0.15, 0.2) is 81.4 Å². The van der Waals surface area contributed by atoms with Crippen molar-refractivity contribution in [3.05, 3.63) is 104 Å². The van der Waals surface area contributed by atoms with Crippen LogP contribution < -0.4 is 0 Å². The van der Waals surface area contributed by atoms with Crippen LogP contribution in [0.3, 0.4) is 0 Å². The zero-order valence-electron chi connectivity index (χ0n) is 15.9. The smallest absolute Gasteiger partial charge is 0.296 e. The largest absolute Gasteiger partial charge is 0.507 e. The van der Waals surface area contributed by atoms with Gasteiger partial charge in [0.1, 0.15) is 11.5 Å². The number of amides is 1. The van der Waals surface area contributed by atoms with E-state index < -0.39 is 22.7 Å². The fourth-order valence-corrected chi connectivity index (χ4v) is 3.77. The van der Waals surface area contributed by atoms with E-state index in [1.54, 1.807) is 36.4 Å². The molecular formula is C22H15BrN2O6. The highest BCUT2D eigenvalue weighted by Gasteiger charge is 2.46. The Morgan fingerprint density at radius 1 is 1.10 bits per heavy atom. The second-order valence-electron chi connectivity index (χ2n) is 6.86. The highest BCUT2D eigenvalue weighted by Crippen LogP contribution is 2.40. The molecule has 0 unspecified atom stereocenters. The average Bonchev–Trinajstić information content (AvgIpc) is 3.36. The molecule has 31 heavy (non-hydrogen) atoms. The maximum atomic E-state index is 12.9. The first-order chi connectivity index (χ1) is 14.9. The third kappa shape index (κ3) is 3.87. The summed E-state index contributed by atoms with van der Waals surface area (Å²) in [6.07, 6.45) is 1.45. The molecule has 1 amide bonds. The van der Waals surface area contributed by atoms with Crippen LogP contribution in [-0.4, -0.2) is 26.6 Å². The third-order valence-corrected chi connectivity index (χ3v) is 5.51. The highest BCUT2D eigenvalue weighted by atomic mass is 79.9. The number of furan rings is 1. The maximum absolute atomic E-state index is 12.9. The Morgan fingerprint density at radius 3 is 2.35 bits per heavy atom. The van der Waals surface area contributed by atoms with Gasteiger partial charge in [0.25, 0.3) is 17.4 Å². The quantitative estimate of drug-likeness (QED) is 0.187. The van der Waals surface area contributed by atoms with E-state index in [2.05, 4.69) is 15.9 Å². The monoisotopic (exact) mass is 482 g/mol. The molecule has 0 aliphatic carbocycles. The van der Waals surface area contributed by atoms with E-state index in [4.69, 9.17) is 4.42 Å². The minimum absolute atomic E-state index is 0.00363. The number of hydrogen-bond acceptors (Lipinski definition) is 6. The highest BCUT2D eigenvalue weighted by molar-refractivity contribution is 9.10. The van der Waals surface area contributed by atoms with Gasteiger partial charge in [-0.25, -0.2) is 0 Å². The molecule has 1 saturated heterocycles. The molecule has 1 N–H and O–H groups in total. The number of ketones is 1. The summed E-state index contributed by atoms with van der Waals surface area (Å²) in [5, 5.41) is 22.0. The number of nitro groups is 1. The lowest BCUT2D eigenvalue weighted by Gasteiger charge is -2.24. The molecule has 1 aliphatic heterocycles. The van der Waals surface area contributed by atoms with Gasteiger partial charge in [-0.2, -0.15) is 0 Å². The summed E-state index contributed by atoms with van der Waals surface area (Å²) in [5.74, 6) is -1.50. The van der Waals surface area contributed by atoms with Gasteiger partial charge in [0.05, 0.1) is 29.3 Å². The van der Waals surface area contributed by atoms with Crippen LogP contribution in [0.2, 0.25) is 0 Å². The van der Waals surface area contributed by atoms with Crippen LogP contribution in [0, 0.1) is 10.1 Å². The number of nitro benzene ring substituents is 1. The Labute approximate surface area is 184 Å². The minimum atomic E-state index is -0.936. The molecule has 4 rings (SSSR count). The van der Waals surface area contributed by atoms with E-state index in [1.807, 2.05) is 0 Å². The summed E-state index contributed by atoms with van der Waals surface area (Å²) in [6.45, 7) is -0.00363. The lowest BCUT2D eigenvalue weighted by atomic mass is 9.95. The van der Waals surface area contributed by atoms with E-state index in [0.717, 1.165) is 4.47 Å². The van der Waals surface area contributed by atoms with Crippen LogP contribution in [0.25, 0.3) is 5.76 Å². The van der Waals surface area contributed by atoms with Crippen LogP contribution in [0.4, 0.5) is 5.69 Å². The molecule has 1 atom stereocenters. The molecule has 2 aromatic carbocycles. The van der Waals surface area contributed by atoms with E-state index in [1.165, 1.54) is 35.4 Å². The number of aliphatic hydroxyl groups is 1. The number of rotatable bonds is 5. The van der Waals surface area contributed by atoms with Gasteiger partial charge in [-0.3, -0.25) is 19.7 Å². The van der Waals surface area contributed by atoms with Crippen molar-refractivity contribution in [1.82, 2.24) is 4.90 Å². The van der Waals surface area contributed by atoms with Crippen molar-refractivity contribution < 1.29 is 24.0 Å². The Bertz CT molecular complexity index is 1180. The van der Waals surface area contributed by atoms with Gasteiger partial charge in [0, 0.05) is 22.2 Å². The van der Waals surface area contributed by atoms with Gasteiger partial charge in [-0.05, 0) is 42.0 Å². The first kappa shape index (κ1) is 20.5. The van der Waals surface area contributed by atoms with Crippen LogP contribution in [-0.2, 0) is 16.1 Å². The maximum Gasteiger partial charge on any atom is 0.296 e.